The molecule has 0 aliphatic carbocycles. The first-order valence-electron chi connectivity index (χ1n) is 9.08. The number of benzene rings is 2. The van der Waals surface area contributed by atoms with Gasteiger partial charge in [0.15, 0.2) is 0 Å². The summed E-state index contributed by atoms with van der Waals surface area (Å²) in [7, 11) is 0. The third-order valence-corrected chi connectivity index (χ3v) is 5.18. The predicted molar refractivity (Wildman–Crippen MR) is 103 cm³/mol. The highest BCUT2D eigenvalue weighted by atomic mass is 16.2. The number of aryl methyl sites for hydroxylation is 2. The van der Waals surface area contributed by atoms with Crippen LogP contribution in [0.5, 0.6) is 0 Å². The van der Waals surface area contributed by atoms with E-state index < -0.39 is 0 Å². The van der Waals surface area contributed by atoms with Crippen molar-refractivity contribution in [3.63, 3.8) is 0 Å². The minimum Gasteiger partial charge on any atom is -0.366 e. The molecule has 2 heterocycles. The number of nitrogens with zero attached hydrogens (tertiary/aromatic N) is 2. The highest BCUT2D eigenvalue weighted by Crippen LogP contribution is 2.37. The van der Waals surface area contributed by atoms with Crippen LogP contribution >= 0.6 is 0 Å². The van der Waals surface area contributed by atoms with Gasteiger partial charge in [-0.15, -0.1) is 0 Å². The highest BCUT2D eigenvalue weighted by Gasteiger charge is 2.43. The van der Waals surface area contributed by atoms with Crippen LogP contribution in [0.3, 0.4) is 0 Å². The molecule has 2 aliphatic heterocycles. The van der Waals surface area contributed by atoms with E-state index in [0.717, 1.165) is 42.6 Å². The van der Waals surface area contributed by atoms with E-state index in [0.29, 0.717) is 17.0 Å². The van der Waals surface area contributed by atoms with E-state index in [4.69, 9.17) is 0 Å². The van der Waals surface area contributed by atoms with Crippen molar-refractivity contribution in [1.29, 1.82) is 0 Å². The molecule has 132 valence electrons. The Kier molecular flexibility index (Phi) is 4.11. The lowest BCUT2D eigenvalue weighted by Crippen LogP contribution is -2.34. The first-order valence-corrected chi connectivity index (χ1v) is 9.08. The Morgan fingerprint density at radius 2 is 1.46 bits per heavy atom. The Labute approximate surface area is 153 Å². The van der Waals surface area contributed by atoms with Crippen LogP contribution in [0.1, 0.15) is 29.5 Å². The van der Waals surface area contributed by atoms with Gasteiger partial charge in [-0.2, -0.15) is 0 Å². The number of imide groups is 1. The van der Waals surface area contributed by atoms with Gasteiger partial charge >= 0.3 is 0 Å². The van der Waals surface area contributed by atoms with Crippen molar-refractivity contribution in [2.45, 2.75) is 26.7 Å². The summed E-state index contributed by atoms with van der Waals surface area (Å²) in [6.45, 7) is 5.59. The van der Waals surface area contributed by atoms with Gasteiger partial charge in [-0.25, -0.2) is 4.90 Å². The SMILES string of the molecule is Cc1ccc(C2=C(N3CCCC3)C(=O)N(c3ccccc3C)C2=O)cc1. The van der Waals surface area contributed by atoms with E-state index in [-0.39, 0.29) is 11.8 Å². The van der Waals surface area contributed by atoms with E-state index in [1.165, 1.54) is 4.90 Å². The summed E-state index contributed by atoms with van der Waals surface area (Å²) in [5.74, 6) is -0.433. The summed E-state index contributed by atoms with van der Waals surface area (Å²) >= 11 is 0. The fourth-order valence-corrected chi connectivity index (χ4v) is 3.77. The molecule has 0 atom stereocenters. The van der Waals surface area contributed by atoms with E-state index in [1.54, 1.807) is 0 Å². The Hall–Kier alpha value is -2.88. The van der Waals surface area contributed by atoms with Crippen molar-refractivity contribution in [2.24, 2.45) is 0 Å². The zero-order valence-electron chi connectivity index (χ0n) is 15.2. The average Bonchev–Trinajstić information content (AvgIpc) is 3.23. The third kappa shape index (κ3) is 2.62. The van der Waals surface area contributed by atoms with Crippen LogP contribution in [0.2, 0.25) is 0 Å². The minimum atomic E-state index is -0.227. The van der Waals surface area contributed by atoms with Crippen LogP contribution < -0.4 is 4.90 Å². The molecular weight excluding hydrogens is 324 g/mol. The molecule has 26 heavy (non-hydrogen) atoms. The number of anilines is 1. The fourth-order valence-electron chi connectivity index (χ4n) is 3.77. The number of hydrogen-bond acceptors (Lipinski definition) is 3. The predicted octanol–water partition coefficient (Wildman–Crippen LogP) is 3.68. The first kappa shape index (κ1) is 16.6. The monoisotopic (exact) mass is 346 g/mol. The second-order valence-electron chi connectivity index (χ2n) is 7.02. The zero-order chi connectivity index (χ0) is 18.3. The number of carbonyl (C=O) groups is 2. The van der Waals surface area contributed by atoms with Gasteiger partial charge < -0.3 is 4.90 Å². The van der Waals surface area contributed by atoms with Crippen molar-refractivity contribution < 1.29 is 9.59 Å². The van der Waals surface area contributed by atoms with Crippen LogP contribution in [-0.2, 0) is 9.59 Å². The minimum absolute atomic E-state index is 0.207. The van der Waals surface area contributed by atoms with Crippen LogP contribution in [0.25, 0.3) is 5.57 Å². The number of hydrogen-bond donors (Lipinski definition) is 0. The van der Waals surface area contributed by atoms with E-state index >= 15 is 0 Å². The van der Waals surface area contributed by atoms with Crippen LogP contribution in [0.4, 0.5) is 5.69 Å². The maximum atomic E-state index is 13.3. The van der Waals surface area contributed by atoms with Gasteiger partial charge in [-0.05, 0) is 43.9 Å². The molecule has 0 aromatic heterocycles. The van der Waals surface area contributed by atoms with Crippen LogP contribution in [0.15, 0.2) is 54.2 Å². The molecule has 4 rings (SSSR count). The second kappa shape index (κ2) is 6.45. The molecule has 2 aromatic carbocycles. The van der Waals surface area contributed by atoms with Crippen molar-refractivity contribution in [3.05, 3.63) is 70.9 Å². The molecule has 0 spiro atoms. The van der Waals surface area contributed by atoms with Crippen molar-refractivity contribution in [1.82, 2.24) is 4.90 Å². The molecule has 1 saturated heterocycles. The van der Waals surface area contributed by atoms with E-state index in [9.17, 15) is 9.59 Å². The maximum absolute atomic E-state index is 13.3. The quantitative estimate of drug-likeness (QED) is 0.796. The Bertz CT molecular complexity index is 906. The van der Waals surface area contributed by atoms with Gasteiger partial charge in [-0.3, -0.25) is 9.59 Å². The normalized spacial score (nSPS) is 17.6. The van der Waals surface area contributed by atoms with Crippen molar-refractivity contribution >= 4 is 23.1 Å². The first-order chi connectivity index (χ1) is 12.6. The summed E-state index contributed by atoms with van der Waals surface area (Å²) in [4.78, 5) is 30.1. The van der Waals surface area contributed by atoms with Gasteiger partial charge in [0.25, 0.3) is 11.8 Å². The summed E-state index contributed by atoms with van der Waals surface area (Å²) in [6, 6.07) is 15.4. The number of rotatable bonds is 3. The highest BCUT2D eigenvalue weighted by molar-refractivity contribution is 6.45. The standard InChI is InChI=1S/C22H22N2O2/c1-15-9-11-17(12-10-15)19-20(23-13-5-6-14-23)22(26)24(21(19)25)18-8-4-3-7-16(18)2/h3-4,7-12H,5-6,13-14H2,1-2H3. The lowest BCUT2D eigenvalue weighted by molar-refractivity contribution is -0.120. The number of para-hydroxylation sites is 1. The van der Waals surface area contributed by atoms with Gasteiger partial charge in [0.2, 0.25) is 0 Å². The molecule has 0 bridgehead atoms. The summed E-state index contributed by atoms with van der Waals surface area (Å²) in [5.41, 5.74) is 4.61. The summed E-state index contributed by atoms with van der Waals surface area (Å²) < 4.78 is 0. The van der Waals surface area contributed by atoms with Crippen molar-refractivity contribution in [3.8, 4) is 0 Å². The average molecular weight is 346 g/mol. The number of carbonyl (C=O) groups excluding carboxylic acids is 2. The molecule has 0 saturated carbocycles. The van der Waals surface area contributed by atoms with E-state index in [1.807, 2.05) is 62.4 Å². The molecule has 4 heteroatoms. The molecule has 0 N–H and O–H groups in total. The van der Waals surface area contributed by atoms with E-state index in [2.05, 4.69) is 4.90 Å². The largest absolute Gasteiger partial charge is 0.366 e. The lowest BCUT2D eigenvalue weighted by atomic mass is 10.0. The molecule has 2 amide bonds. The summed E-state index contributed by atoms with van der Waals surface area (Å²) in [6.07, 6.45) is 2.10. The number of amides is 2. The fraction of sp³-hybridized carbons (Fsp3) is 0.273. The Balaban J connectivity index is 1.86. The molecule has 4 nitrogen and oxygen atoms in total. The maximum Gasteiger partial charge on any atom is 0.282 e. The summed E-state index contributed by atoms with van der Waals surface area (Å²) in [5, 5.41) is 0. The molecule has 2 aromatic rings. The molecule has 1 fully saturated rings. The molecule has 0 radical (unpaired) electrons. The van der Waals surface area contributed by atoms with Gasteiger partial charge in [-0.1, -0.05) is 48.0 Å². The smallest absolute Gasteiger partial charge is 0.282 e. The Morgan fingerprint density at radius 1 is 0.808 bits per heavy atom. The van der Waals surface area contributed by atoms with Crippen LogP contribution in [-0.4, -0.2) is 29.8 Å². The third-order valence-electron chi connectivity index (χ3n) is 5.18. The Morgan fingerprint density at radius 3 is 2.12 bits per heavy atom. The van der Waals surface area contributed by atoms with Gasteiger partial charge in [0.05, 0.1) is 11.3 Å². The second-order valence-corrected chi connectivity index (χ2v) is 7.02. The molecular formula is C22H22N2O2. The molecule has 0 unspecified atom stereocenters. The van der Waals surface area contributed by atoms with Gasteiger partial charge in [0, 0.05) is 13.1 Å². The molecule has 2 aliphatic rings. The van der Waals surface area contributed by atoms with Gasteiger partial charge in [0.1, 0.15) is 5.70 Å². The van der Waals surface area contributed by atoms with Crippen LogP contribution in [0, 0.1) is 13.8 Å². The zero-order valence-corrected chi connectivity index (χ0v) is 15.2. The number of likely N-dealkylation sites (tertiary alicyclic amines) is 1. The lowest BCUT2D eigenvalue weighted by Gasteiger charge is -2.21. The van der Waals surface area contributed by atoms with Crippen molar-refractivity contribution in [2.75, 3.05) is 18.0 Å². The topological polar surface area (TPSA) is 40.6 Å².